The number of rotatable bonds is 3. The van der Waals surface area contributed by atoms with E-state index >= 15 is 0 Å². The fourth-order valence-electron chi connectivity index (χ4n) is 2.29. The van der Waals surface area contributed by atoms with Crippen LogP contribution in [0.4, 0.5) is 11.5 Å². The van der Waals surface area contributed by atoms with E-state index in [0.717, 1.165) is 29.2 Å². The number of aromatic nitrogens is 5. The number of hydrogen-bond acceptors (Lipinski definition) is 5. The topological polar surface area (TPSA) is 59.7 Å². The second-order valence-corrected chi connectivity index (χ2v) is 4.67. The van der Waals surface area contributed by atoms with Crippen molar-refractivity contribution in [3.63, 3.8) is 0 Å². The van der Waals surface area contributed by atoms with Crippen LogP contribution >= 0.6 is 0 Å². The summed E-state index contributed by atoms with van der Waals surface area (Å²) in [7, 11) is 1.83. The maximum absolute atomic E-state index is 4.40. The lowest BCUT2D eigenvalue weighted by molar-refractivity contribution is 0.729. The fraction of sp³-hybridized carbons (Fsp3) is 0.286. The number of aryl methyl sites for hydroxylation is 2. The maximum atomic E-state index is 4.40. The monoisotopic (exact) mass is 268 g/mol. The van der Waals surface area contributed by atoms with Crippen molar-refractivity contribution in [3.8, 4) is 0 Å². The number of anilines is 2. The van der Waals surface area contributed by atoms with Crippen LogP contribution in [0.2, 0.25) is 0 Å². The largest absolute Gasteiger partial charge is 0.325 e. The standard InChI is InChI=1S/C14H16N6/c1-4-20(11-7-5-6-10(2)8-11)14-12-13(15-9-16-14)19(3)18-17-12/h5-9H,4H2,1-3H3. The van der Waals surface area contributed by atoms with Gasteiger partial charge >= 0.3 is 0 Å². The maximum Gasteiger partial charge on any atom is 0.183 e. The summed E-state index contributed by atoms with van der Waals surface area (Å²) in [5.74, 6) is 0.788. The SMILES string of the molecule is CCN(c1cccc(C)c1)c1ncnc2c1nnn2C. The van der Waals surface area contributed by atoms with Crippen molar-refractivity contribution < 1.29 is 0 Å². The van der Waals surface area contributed by atoms with Crippen LogP contribution in [-0.4, -0.2) is 31.5 Å². The highest BCUT2D eigenvalue weighted by molar-refractivity contribution is 5.85. The van der Waals surface area contributed by atoms with Crippen LogP contribution in [0.3, 0.4) is 0 Å². The molecule has 0 atom stereocenters. The molecule has 0 N–H and O–H groups in total. The summed E-state index contributed by atoms with van der Waals surface area (Å²) in [6.45, 7) is 4.97. The molecule has 3 rings (SSSR count). The van der Waals surface area contributed by atoms with E-state index in [9.17, 15) is 0 Å². The van der Waals surface area contributed by atoms with Gasteiger partial charge in [0.2, 0.25) is 0 Å². The van der Waals surface area contributed by atoms with Crippen molar-refractivity contribution in [1.29, 1.82) is 0 Å². The van der Waals surface area contributed by atoms with Gasteiger partial charge in [-0.1, -0.05) is 17.3 Å². The van der Waals surface area contributed by atoms with Gasteiger partial charge in [0.15, 0.2) is 17.0 Å². The Morgan fingerprint density at radius 1 is 1.25 bits per heavy atom. The molecule has 0 aliphatic heterocycles. The summed E-state index contributed by atoms with van der Waals surface area (Å²) in [6, 6.07) is 8.33. The number of fused-ring (bicyclic) bond motifs is 1. The summed E-state index contributed by atoms with van der Waals surface area (Å²) in [5, 5.41) is 8.20. The van der Waals surface area contributed by atoms with Gasteiger partial charge in [0.25, 0.3) is 0 Å². The fourth-order valence-corrected chi connectivity index (χ4v) is 2.29. The van der Waals surface area contributed by atoms with Crippen molar-refractivity contribution in [2.45, 2.75) is 13.8 Å². The molecule has 0 aliphatic carbocycles. The number of nitrogens with zero attached hydrogens (tertiary/aromatic N) is 6. The molecule has 0 unspecified atom stereocenters. The number of benzene rings is 1. The van der Waals surface area contributed by atoms with E-state index in [1.54, 1.807) is 11.0 Å². The van der Waals surface area contributed by atoms with Crippen LogP contribution in [0.5, 0.6) is 0 Å². The second kappa shape index (κ2) is 4.88. The summed E-state index contributed by atoms with van der Waals surface area (Å²) < 4.78 is 1.66. The van der Waals surface area contributed by atoms with Crippen molar-refractivity contribution in [3.05, 3.63) is 36.2 Å². The lowest BCUT2D eigenvalue weighted by Gasteiger charge is -2.22. The van der Waals surface area contributed by atoms with Gasteiger partial charge in [-0.05, 0) is 31.5 Å². The minimum Gasteiger partial charge on any atom is -0.325 e. The van der Waals surface area contributed by atoms with E-state index in [1.807, 2.05) is 13.1 Å². The van der Waals surface area contributed by atoms with Crippen LogP contribution in [0.15, 0.2) is 30.6 Å². The molecule has 0 amide bonds. The Bertz CT molecular complexity index is 748. The Hall–Kier alpha value is -2.50. The average molecular weight is 268 g/mol. The minimum atomic E-state index is 0.721. The van der Waals surface area contributed by atoms with E-state index in [-0.39, 0.29) is 0 Å². The van der Waals surface area contributed by atoms with E-state index in [2.05, 4.69) is 57.2 Å². The molecule has 0 radical (unpaired) electrons. The van der Waals surface area contributed by atoms with E-state index < -0.39 is 0 Å². The molecular formula is C14H16N6. The molecular weight excluding hydrogens is 252 g/mol. The first-order valence-electron chi connectivity index (χ1n) is 6.55. The minimum absolute atomic E-state index is 0.721. The van der Waals surface area contributed by atoms with Gasteiger partial charge in [0.05, 0.1) is 0 Å². The molecule has 6 heteroatoms. The predicted molar refractivity (Wildman–Crippen MR) is 78.0 cm³/mol. The molecule has 0 saturated heterocycles. The van der Waals surface area contributed by atoms with Crippen LogP contribution in [0, 0.1) is 6.92 Å². The molecule has 0 saturated carbocycles. The molecule has 0 spiro atoms. The van der Waals surface area contributed by atoms with Crippen molar-refractivity contribution in [1.82, 2.24) is 25.0 Å². The van der Waals surface area contributed by atoms with Gasteiger partial charge in [0.1, 0.15) is 6.33 Å². The van der Waals surface area contributed by atoms with Crippen LogP contribution in [0.1, 0.15) is 12.5 Å². The van der Waals surface area contributed by atoms with Crippen LogP contribution < -0.4 is 4.90 Å². The molecule has 3 aromatic rings. The highest BCUT2D eigenvalue weighted by Crippen LogP contribution is 2.28. The van der Waals surface area contributed by atoms with Gasteiger partial charge in [-0.3, -0.25) is 0 Å². The van der Waals surface area contributed by atoms with E-state index in [4.69, 9.17) is 0 Å². The summed E-state index contributed by atoms with van der Waals surface area (Å²) in [4.78, 5) is 10.7. The molecule has 0 aliphatic rings. The van der Waals surface area contributed by atoms with Crippen molar-refractivity contribution in [2.24, 2.45) is 7.05 Å². The molecule has 2 aromatic heterocycles. The molecule has 20 heavy (non-hydrogen) atoms. The summed E-state index contributed by atoms with van der Waals surface area (Å²) >= 11 is 0. The van der Waals surface area contributed by atoms with Gasteiger partial charge in [-0.15, -0.1) is 5.10 Å². The van der Waals surface area contributed by atoms with Crippen molar-refractivity contribution >= 4 is 22.7 Å². The zero-order valence-electron chi connectivity index (χ0n) is 11.8. The highest BCUT2D eigenvalue weighted by atomic mass is 15.4. The Labute approximate surface area is 117 Å². The summed E-state index contributed by atoms with van der Waals surface area (Å²) in [6.07, 6.45) is 1.56. The highest BCUT2D eigenvalue weighted by Gasteiger charge is 2.16. The molecule has 0 fully saturated rings. The lowest BCUT2D eigenvalue weighted by atomic mass is 10.2. The molecule has 6 nitrogen and oxygen atoms in total. The van der Waals surface area contributed by atoms with Crippen molar-refractivity contribution in [2.75, 3.05) is 11.4 Å². The molecule has 102 valence electrons. The third-order valence-corrected chi connectivity index (χ3v) is 3.25. The Balaban J connectivity index is 2.17. The predicted octanol–water partition coefficient (Wildman–Crippen LogP) is 2.22. The third-order valence-electron chi connectivity index (χ3n) is 3.25. The lowest BCUT2D eigenvalue weighted by Crippen LogP contribution is -2.18. The first kappa shape index (κ1) is 12.5. The summed E-state index contributed by atoms with van der Waals surface area (Å²) in [5.41, 5.74) is 3.77. The van der Waals surface area contributed by atoms with E-state index in [1.165, 1.54) is 5.56 Å². The Kier molecular flexibility index (Phi) is 3.06. The number of hydrogen-bond donors (Lipinski definition) is 0. The van der Waals surface area contributed by atoms with Crippen LogP contribution in [0.25, 0.3) is 11.2 Å². The normalized spacial score (nSPS) is 10.9. The molecule has 2 heterocycles. The van der Waals surface area contributed by atoms with E-state index in [0.29, 0.717) is 0 Å². The average Bonchev–Trinajstić information content (AvgIpc) is 2.83. The van der Waals surface area contributed by atoms with Gasteiger partial charge < -0.3 is 4.90 Å². The zero-order chi connectivity index (χ0) is 14.1. The second-order valence-electron chi connectivity index (χ2n) is 4.67. The first-order valence-corrected chi connectivity index (χ1v) is 6.55. The zero-order valence-corrected chi connectivity index (χ0v) is 11.8. The quantitative estimate of drug-likeness (QED) is 0.729. The molecule has 1 aromatic carbocycles. The van der Waals surface area contributed by atoms with Crippen LogP contribution in [-0.2, 0) is 7.05 Å². The Morgan fingerprint density at radius 3 is 2.85 bits per heavy atom. The van der Waals surface area contributed by atoms with Gasteiger partial charge in [0, 0.05) is 19.3 Å². The Morgan fingerprint density at radius 2 is 2.10 bits per heavy atom. The van der Waals surface area contributed by atoms with Gasteiger partial charge in [-0.25, -0.2) is 14.6 Å². The molecule has 0 bridgehead atoms. The first-order chi connectivity index (χ1) is 9.70. The smallest absolute Gasteiger partial charge is 0.183 e. The third kappa shape index (κ3) is 1.99. The van der Waals surface area contributed by atoms with Gasteiger partial charge in [-0.2, -0.15) is 0 Å².